The normalized spacial score (nSPS) is 19.4. The molecule has 0 bridgehead atoms. The van der Waals surface area contributed by atoms with Crippen LogP contribution in [0, 0.1) is 0 Å². The molecule has 170 valence electrons. The highest BCUT2D eigenvalue weighted by Crippen LogP contribution is 2.36. The quantitative estimate of drug-likeness (QED) is 0.583. The van der Waals surface area contributed by atoms with Crippen molar-refractivity contribution in [1.82, 2.24) is 25.2 Å². The third-order valence-electron chi connectivity index (χ3n) is 6.52. The fourth-order valence-electron chi connectivity index (χ4n) is 4.77. The summed E-state index contributed by atoms with van der Waals surface area (Å²) >= 11 is 0. The Morgan fingerprint density at radius 3 is 2.66 bits per heavy atom. The van der Waals surface area contributed by atoms with Crippen LogP contribution >= 0.6 is 9.24 Å². The van der Waals surface area contributed by atoms with Crippen LogP contribution in [0.25, 0.3) is 22.6 Å². The molecule has 6 nitrogen and oxygen atoms in total. The van der Waals surface area contributed by atoms with Gasteiger partial charge >= 0.3 is 0 Å². The Morgan fingerprint density at radius 1 is 1.00 bits per heavy atom. The zero-order chi connectivity index (χ0) is 22.1. The molecular formula is C23H29F2N6P. The highest BCUT2D eigenvalue weighted by molar-refractivity contribution is 7.17. The van der Waals surface area contributed by atoms with Crippen LogP contribution in [-0.2, 0) is 5.66 Å². The fourth-order valence-corrected chi connectivity index (χ4v) is 4.95. The Hall–Kier alpha value is -2.15. The molecule has 32 heavy (non-hydrogen) atoms. The first-order valence-electron chi connectivity index (χ1n) is 11.3. The molecule has 5 rings (SSSR count). The molecule has 1 atom stereocenters. The lowest BCUT2D eigenvalue weighted by molar-refractivity contribution is 0.104. The van der Waals surface area contributed by atoms with Crippen LogP contribution in [0.3, 0.4) is 0 Å². The van der Waals surface area contributed by atoms with Crippen molar-refractivity contribution in [3.8, 4) is 11.5 Å². The fraction of sp³-hybridized carbons (Fsp3) is 0.478. The molecule has 0 saturated carbocycles. The van der Waals surface area contributed by atoms with Gasteiger partial charge in [-0.15, -0.1) is 0 Å². The number of pyridine rings is 1. The van der Waals surface area contributed by atoms with E-state index in [0.29, 0.717) is 22.9 Å². The van der Waals surface area contributed by atoms with Gasteiger partial charge in [-0.2, -0.15) is 8.78 Å². The van der Waals surface area contributed by atoms with Crippen molar-refractivity contribution in [2.75, 3.05) is 44.2 Å². The van der Waals surface area contributed by atoms with Crippen molar-refractivity contribution < 1.29 is 8.78 Å². The standard InChI is InChI=1S/C23H29F2N6P/c24-23(25,32)16-5-6-18-20(15-16)29-22(28-18)19-3-1-4-21(27-19)31-12-2-11-30(13-14-31)17-7-9-26-10-8-17/h1,3-6,15,17,26H,2,7-14,32H2,(H,28,29). The SMILES string of the molecule is FC(F)(P)c1ccc2nc(-c3cccc(N4CCCN(C5CCNCC5)CC4)n3)[nH]c2c1. The van der Waals surface area contributed by atoms with Gasteiger partial charge in [-0.3, -0.25) is 4.90 Å². The number of benzene rings is 1. The summed E-state index contributed by atoms with van der Waals surface area (Å²) in [5.41, 5.74) is -1.07. The van der Waals surface area contributed by atoms with Crippen molar-refractivity contribution in [3.63, 3.8) is 0 Å². The number of fused-ring (bicyclic) bond motifs is 1. The summed E-state index contributed by atoms with van der Waals surface area (Å²) in [4.78, 5) is 17.6. The Morgan fingerprint density at radius 2 is 1.84 bits per heavy atom. The van der Waals surface area contributed by atoms with Gasteiger partial charge in [-0.25, -0.2) is 9.97 Å². The summed E-state index contributed by atoms with van der Waals surface area (Å²) in [6, 6.07) is 11.1. The maximum Gasteiger partial charge on any atom is 0.283 e. The van der Waals surface area contributed by atoms with E-state index >= 15 is 0 Å². The smallest absolute Gasteiger partial charge is 0.283 e. The van der Waals surface area contributed by atoms with Gasteiger partial charge in [0.2, 0.25) is 0 Å². The van der Waals surface area contributed by atoms with E-state index in [0.717, 1.165) is 57.2 Å². The van der Waals surface area contributed by atoms with E-state index in [9.17, 15) is 8.78 Å². The maximum absolute atomic E-state index is 13.7. The number of rotatable bonds is 4. The molecule has 2 aliphatic rings. The Kier molecular flexibility index (Phi) is 6.10. The van der Waals surface area contributed by atoms with E-state index in [1.165, 1.54) is 25.0 Å². The van der Waals surface area contributed by atoms with Crippen LogP contribution in [0.4, 0.5) is 14.6 Å². The van der Waals surface area contributed by atoms with Crippen molar-refractivity contribution in [3.05, 3.63) is 42.0 Å². The third kappa shape index (κ3) is 4.63. The van der Waals surface area contributed by atoms with Gasteiger partial charge < -0.3 is 15.2 Å². The van der Waals surface area contributed by atoms with Crippen molar-refractivity contribution >= 4 is 26.1 Å². The van der Waals surface area contributed by atoms with Gasteiger partial charge in [0.25, 0.3) is 5.66 Å². The lowest BCUT2D eigenvalue weighted by Crippen LogP contribution is -2.44. The molecule has 2 N–H and O–H groups in total. The predicted molar refractivity (Wildman–Crippen MR) is 127 cm³/mol. The predicted octanol–water partition coefficient (Wildman–Crippen LogP) is 3.81. The second-order valence-electron chi connectivity index (χ2n) is 8.68. The van der Waals surface area contributed by atoms with Gasteiger partial charge in [-0.1, -0.05) is 21.4 Å². The molecule has 2 fully saturated rings. The molecular weight excluding hydrogens is 429 g/mol. The number of halogens is 2. The zero-order valence-electron chi connectivity index (χ0n) is 18.0. The Bertz CT molecular complexity index is 1080. The first-order valence-corrected chi connectivity index (χ1v) is 11.9. The van der Waals surface area contributed by atoms with Crippen LogP contribution in [0.2, 0.25) is 0 Å². The van der Waals surface area contributed by atoms with Crippen LogP contribution < -0.4 is 10.2 Å². The molecule has 0 aliphatic carbocycles. The highest BCUT2D eigenvalue weighted by atomic mass is 31.0. The monoisotopic (exact) mass is 458 g/mol. The van der Waals surface area contributed by atoms with Gasteiger partial charge in [-0.05, 0) is 56.6 Å². The minimum Gasteiger partial charge on any atom is -0.355 e. The number of H-pyrrole nitrogens is 1. The second kappa shape index (κ2) is 9.00. The number of imidazole rings is 1. The summed E-state index contributed by atoms with van der Waals surface area (Å²) in [5, 5.41) is 3.45. The molecule has 4 heterocycles. The van der Waals surface area contributed by atoms with Gasteiger partial charge in [0.1, 0.15) is 11.5 Å². The van der Waals surface area contributed by atoms with Crippen molar-refractivity contribution in [2.24, 2.45) is 0 Å². The molecule has 2 aliphatic heterocycles. The minimum atomic E-state index is -2.97. The van der Waals surface area contributed by atoms with Crippen LogP contribution in [0.15, 0.2) is 36.4 Å². The van der Waals surface area contributed by atoms with E-state index in [1.807, 2.05) is 18.2 Å². The van der Waals surface area contributed by atoms with Crippen LogP contribution in [-0.4, -0.2) is 65.2 Å². The number of hydrogen-bond acceptors (Lipinski definition) is 5. The number of hydrogen-bond donors (Lipinski definition) is 2. The van der Waals surface area contributed by atoms with E-state index in [1.54, 1.807) is 15.3 Å². The molecule has 1 aromatic carbocycles. The first kappa shape index (κ1) is 21.7. The van der Waals surface area contributed by atoms with Crippen molar-refractivity contribution in [1.29, 1.82) is 0 Å². The molecule has 0 radical (unpaired) electrons. The average molecular weight is 458 g/mol. The van der Waals surface area contributed by atoms with E-state index in [-0.39, 0.29) is 5.56 Å². The topological polar surface area (TPSA) is 60.1 Å². The molecule has 1 unspecified atom stereocenters. The molecule has 2 aromatic heterocycles. The Balaban J connectivity index is 1.34. The molecule has 0 spiro atoms. The number of nitrogens with one attached hydrogen (secondary N) is 2. The van der Waals surface area contributed by atoms with Crippen molar-refractivity contribution in [2.45, 2.75) is 31.0 Å². The summed E-state index contributed by atoms with van der Waals surface area (Å²) in [5.74, 6) is 1.53. The first-order chi connectivity index (χ1) is 15.5. The number of nitrogens with zero attached hydrogens (tertiary/aromatic N) is 4. The number of piperidine rings is 1. The molecule has 0 amide bonds. The lowest BCUT2D eigenvalue weighted by atomic mass is 10.0. The third-order valence-corrected chi connectivity index (χ3v) is 6.86. The highest BCUT2D eigenvalue weighted by Gasteiger charge is 2.26. The number of aromatic nitrogens is 3. The Labute approximate surface area is 189 Å². The maximum atomic E-state index is 13.7. The number of aromatic amines is 1. The average Bonchev–Trinajstić information content (AvgIpc) is 3.08. The number of alkyl halides is 2. The van der Waals surface area contributed by atoms with Gasteiger partial charge in [0.05, 0.1) is 11.0 Å². The van der Waals surface area contributed by atoms with Crippen LogP contribution in [0.5, 0.6) is 0 Å². The molecule has 2 saturated heterocycles. The summed E-state index contributed by atoms with van der Waals surface area (Å²) in [6.45, 7) is 6.34. The van der Waals surface area contributed by atoms with Crippen LogP contribution in [0.1, 0.15) is 24.8 Å². The summed E-state index contributed by atoms with van der Waals surface area (Å²) in [6.07, 6.45) is 3.57. The second-order valence-corrected chi connectivity index (χ2v) is 9.40. The summed E-state index contributed by atoms with van der Waals surface area (Å²) < 4.78 is 27.3. The van der Waals surface area contributed by atoms with E-state index in [2.05, 4.69) is 25.1 Å². The lowest BCUT2D eigenvalue weighted by Gasteiger charge is -2.33. The van der Waals surface area contributed by atoms with E-state index in [4.69, 9.17) is 4.98 Å². The summed E-state index contributed by atoms with van der Waals surface area (Å²) in [7, 11) is 1.58. The zero-order valence-corrected chi connectivity index (χ0v) is 19.2. The minimum absolute atomic E-state index is 0.0604. The largest absolute Gasteiger partial charge is 0.355 e. The van der Waals surface area contributed by atoms with E-state index < -0.39 is 5.66 Å². The number of anilines is 1. The molecule has 3 aromatic rings. The van der Waals surface area contributed by atoms with Gasteiger partial charge in [0, 0.05) is 37.8 Å². The molecule has 9 heteroatoms. The van der Waals surface area contributed by atoms with Gasteiger partial charge in [0.15, 0.2) is 5.82 Å².